The molecule has 2 heterocycles. The second-order valence-electron chi connectivity index (χ2n) is 4.65. The van der Waals surface area contributed by atoms with Crippen LogP contribution in [-0.4, -0.2) is 22.8 Å². The SMILES string of the molecule is CCOC(=O)c1ccccc1Nc1nnc(Cc2cccs2)o1. The van der Waals surface area contributed by atoms with Crippen molar-refractivity contribution in [2.24, 2.45) is 0 Å². The summed E-state index contributed by atoms with van der Waals surface area (Å²) in [4.78, 5) is 13.1. The molecule has 2 aromatic heterocycles. The number of carbonyl (C=O) groups is 1. The third-order valence-electron chi connectivity index (χ3n) is 3.04. The molecule has 0 atom stereocenters. The summed E-state index contributed by atoms with van der Waals surface area (Å²) in [6.45, 7) is 2.08. The number of benzene rings is 1. The van der Waals surface area contributed by atoms with Gasteiger partial charge in [-0.2, -0.15) is 0 Å². The van der Waals surface area contributed by atoms with E-state index in [-0.39, 0.29) is 6.01 Å². The molecule has 1 aromatic carbocycles. The van der Waals surface area contributed by atoms with Crippen LogP contribution in [0.2, 0.25) is 0 Å². The van der Waals surface area contributed by atoms with Gasteiger partial charge in [0.2, 0.25) is 5.89 Å². The maximum Gasteiger partial charge on any atom is 0.340 e. The standard InChI is InChI=1S/C16H15N3O3S/c1-2-21-15(20)12-7-3-4-8-13(12)17-16-19-18-14(22-16)10-11-6-5-9-23-11/h3-9H,2,10H2,1H3,(H,17,19). The minimum absolute atomic E-state index is 0.244. The quantitative estimate of drug-likeness (QED) is 0.696. The highest BCUT2D eigenvalue weighted by Gasteiger charge is 2.14. The number of hydrogen-bond donors (Lipinski definition) is 1. The summed E-state index contributed by atoms with van der Waals surface area (Å²) < 4.78 is 10.6. The summed E-state index contributed by atoms with van der Waals surface area (Å²) in [6, 6.07) is 11.3. The van der Waals surface area contributed by atoms with Crippen molar-refractivity contribution in [3.05, 3.63) is 58.1 Å². The van der Waals surface area contributed by atoms with Crippen LogP contribution in [0.15, 0.2) is 46.2 Å². The number of nitrogens with one attached hydrogen (secondary N) is 1. The number of thiophene rings is 1. The highest BCUT2D eigenvalue weighted by Crippen LogP contribution is 2.22. The molecule has 0 spiro atoms. The minimum atomic E-state index is -0.395. The second kappa shape index (κ2) is 7.06. The molecule has 3 aromatic rings. The van der Waals surface area contributed by atoms with E-state index in [2.05, 4.69) is 15.5 Å². The predicted molar refractivity (Wildman–Crippen MR) is 87.1 cm³/mol. The molecular weight excluding hydrogens is 314 g/mol. The number of nitrogens with zero attached hydrogens (tertiary/aromatic N) is 2. The van der Waals surface area contributed by atoms with Crippen molar-refractivity contribution in [1.82, 2.24) is 10.2 Å². The van der Waals surface area contributed by atoms with E-state index in [0.29, 0.717) is 30.2 Å². The first-order valence-corrected chi connectivity index (χ1v) is 8.02. The zero-order chi connectivity index (χ0) is 16.1. The van der Waals surface area contributed by atoms with Crippen molar-refractivity contribution >= 4 is 29.0 Å². The van der Waals surface area contributed by atoms with Gasteiger partial charge in [0.25, 0.3) is 0 Å². The van der Waals surface area contributed by atoms with Gasteiger partial charge in [-0.05, 0) is 30.5 Å². The topological polar surface area (TPSA) is 77.2 Å². The molecule has 3 rings (SSSR count). The van der Waals surface area contributed by atoms with Crippen LogP contribution in [0.25, 0.3) is 0 Å². The van der Waals surface area contributed by atoms with E-state index in [1.54, 1.807) is 36.5 Å². The Bertz CT molecular complexity index is 783. The molecule has 23 heavy (non-hydrogen) atoms. The van der Waals surface area contributed by atoms with E-state index in [1.165, 1.54) is 0 Å². The van der Waals surface area contributed by atoms with Crippen LogP contribution in [0.3, 0.4) is 0 Å². The first-order valence-electron chi connectivity index (χ1n) is 7.14. The molecule has 0 aliphatic rings. The summed E-state index contributed by atoms with van der Waals surface area (Å²) in [5.41, 5.74) is 0.990. The molecule has 6 nitrogen and oxygen atoms in total. The molecule has 0 saturated carbocycles. The number of carbonyl (C=O) groups excluding carboxylic acids is 1. The maximum absolute atomic E-state index is 11.9. The van der Waals surface area contributed by atoms with Crippen LogP contribution in [0.1, 0.15) is 28.0 Å². The van der Waals surface area contributed by atoms with Crippen LogP contribution in [0.5, 0.6) is 0 Å². The van der Waals surface area contributed by atoms with Crippen molar-refractivity contribution in [2.75, 3.05) is 11.9 Å². The number of ether oxygens (including phenoxy) is 1. The second-order valence-corrected chi connectivity index (χ2v) is 5.68. The molecule has 0 aliphatic carbocycles. The lowest BCUT2D eigenvalue weighted by Crippen LogP contribution is -2.07. The van der Waals surface area contributed by atoms with Crippen molar-refractivity contribution in [2.45, 2.75) is 13.3 Å². The largest absolute Gasteiger partial charge is 0.462 e. The van der Waals surface area contributed by atoms with Crippen LogP contribution in [0, 0.1) is 0 Å². The van der Waals surface area contributed by atoms with Gasteiger partial charge >= 0.3 is 12.0 Å². The van der Waals surface area contributed by atoms with E-state index in [1.807, 2.05) is 23.6 Å². The van der Waals surface area contributed by atoms with Crippen molar-refractivity contribution < 1.29 is 13.9 Å². The van der Waals surface area contributed by atoms with Crippen LogP contribution >= 0.6 is 11.3 Å². The lowest BCUT2D eigenvalue weighted by Gasteiger charge is -2.08. The number of esters is 1. The Balaban J connectivity index is 1.75. The van der Waals surface area contributed by atoms with Gasteiger partial charge in [0.15, 0.2) is 0 Å². The molecule has 0 unspecified atom stereocenters. The van der Waals surface area contributed by atoms with Gasteiger partial charge < -0.3 is 14.5 Å². The molecule has 1 N–H and O–H groups in total. The van der Waals surface area contributed by atoms with Crippen LogP contribution < -0.4 is 5.32 Å². The Morgan fingerprint density at radius 2 is 2.13 bits per heavy atom. The van der Waals surface area contributed by atoms with Gasteiger partial charge in [0, 0.05) is 4.88 Å². The average molecular weight is 329 g/mol. The lowest BCUT2D eigenvalue weighted by molar-refractivity contribution is 0.0527. The molecule has 0 aliphatic heterocycles. The highest BCUT2D eigenvalue weighted by atomic mass is 32.1. The Morgan fingerprint density at radius 1 is 1.26 bits per heavy atom. The number of aromatic nitrogens is 2. The van der Waals surface area contributed by atoms with Crippen molar-refractivity contribution in [1.29, 1.82) is 0 Å². The van der Waals surface area contributed by atoms with Gasteiger partial charge in [-0.15, -0.1) is 16.4 Å². The van der Waals surface area contributed by atoms with Crippen molar-refractivity contribution in [3.63, 3.8) is 0 Å². The smallest absolute Gasteiger partial charge is 0.340 e. The number of anilines is 2. The van der Waals surface area contributed by atoms with Gasteiger partial charge in [0.1, 0.15) is 0 Å². The summed E-state index contributed by atoms with van der Waals surface area (Å²) in [5, 5.41) is 12.9. The zero-order valence-electron chi connectivity index (χ0n) is 12.5. The maximum atomic E-state index is 11.9. The minimum Gasteiger partial charge on any atom is -0.462 e. The Kier molecular flexibility index (Phi) is 4.68. The third-order valence-corrected chi connectivity index (χ3v) is 3.91. The molecule has 0 fully saturated rings. The van der Waals surface area contributed by atoms with E-state index in [9.17, 15) is 4.79 Å². The monoisotopic (exact) mass is 329 g/mol. The molecular formula is C16H15N3O3S. The summed E-state index contributed by atoms with van der Waals surface area (Å²) in [6.07, 6.45) is 0.589. The molecule has 118 valence electrons. The fourth-order valence-electron chi connectivity index (χ4n) is 2.03. The van der Waals surface area contributed by atoms with Gasteiger partial charge in [0.05, 0.1) is 24.3 Å². The molecule has 7 heteroatoms. The Hall–Kier alpha value is -2.67. The van der Waals surface area contributed by atoms with E-state index >= 15 is 0 Å². The number of rotatable bonds is 6. The average Bonchev–Trinajstić information content (AvgIpc) is 3.21. The Labute approximate surface area is 137 Å². The van der Waals surface area contributed by atoms with Crippen LogP contribution in [-0.2, 0) is 11.2 Å². The van der Waals surface area contributed by atoms with E-state index < -0.39 is 5.97 Å². The highest BCUT2D eigenvalue weighted by molar-refractivity contribution is 7.09. The fourth-order valence-corrected chi connectivity index (χ4v) is 2.73. The molecule has 0 bridgehead atoms. The van der Waals surface area contributed by atoms with Crippen LogP contribution in [0.4, 0.5) is 11.7 Å². The van der Waals surface area contributed by atoms with Gasteiger partial charge in [-0.1, -0.05) is 23.3 Å². The number of para-hydroxylation sites is 1. The summed E-state index contributed by atoms with van der Waals surface area (Å²) in [7, 11) is 0. The van der Waals surface area contributed by atoms with Gasteiger partial charge in [-0.25, -0.2) is 4.79 Å². The first kappa shape index (κ1) is 15.2. The summed E-state index contributed by atoms with van der Waals surface area (Å²) >= 11 is 1.63. The fraction of sp³-hybridized carbons (Fsp3) is 0.188. The normalized spacial score (nSPS) is 10.5. The van der Waals surface area contributed by atoms with Gasteiger partial charge in [-0.3, -0.25) is 0 Å². The third kappa shape index (κ3) is 3.75. The van der Waals surface area contributed by atoms with E-state index in [0.717, 1.165) is 4.88 Å². The molecule has 0 radical (unpaired) electrons. The lowest BCUT2D eigenvalue weighted by atomic mass is 10.2. The molecule has 0 saturated heterocycles. The molecule has 0 amide bonds. The summed E-state index contributed by atoms with van der Waals surface area (Å²) in [5.74, 6) is 0.123. The number of hydrogen-bond acceptors (Lipinski definition) is 7. The zero-order valence-corrected chi connectivity index (χ0v) is 13.3. The Morgan fingerprint density at radius 3 is 2.91 bits per heavy atom. The van der Waals surface area contributed by atoms with E-state index in [4.69, 9.17) is 9.15 Å². The van der Waals surface area contributed by atoms with Crippen molar-refractivity contribution in [3.8, 4) is 0 Å². The first-order chi connectivity index (χ1) is 11.3. The predicted octanol–water partition coefficient (Wildman–Crippen LogP) is 3.64.